The molecule has 1 aliphatic carbocycles. The first-order valence-corrected chi connectivity index (χ1v) is 6.02. The summed E-state index contributed by atoms with van der Waals surface area (Å²) in [7, 11) is 0. The third-order valence-electron chi connectivity index (χ3n) is 2.74. The summed E-state index contributed by atoms with van der Waals surface area (Å²) in [5.74, 6) is -0.454. The van der Waals surface area contributed by atoms with Crippen molar-refractivity contribution in [3.05, 3.63) is 0 Å². The quantitative estimate of drug-likeness (QED) is 0.702. The molecule has 0 bridgehead atoms. The summed E-state index contributed by atoms with van der Waals surface area (Å²) in [4.78, 5) is 22.8. The van der Waals surface area contributed by atoms with Gasteiger partial charge in [0, 0.05) is 18.9 Å². The Bertz CT molecular complexity index is 261. The van der Waals surface area contributed by atoms with Crippen LogP contribution in [0.4, 0.5) is 0 Å². The molecule has 0 heterocycles. The van der Waals surface area contributed by atoms with Gasteiger partial charge in [0.05, 0.1) is 0 Å². The van der Waals surface area contributed by atoms with Gasteiger partial charge < -0.3 is 10.1 Å². The topological polar surface area (TPSA) is 55.4 Å². The SMILES string of the molecule is CCCC(C)[C@@H](OC(C)=O)C(=O)NC1CC1. The van der Waals surface area contributed by atoms with Crippen LogP contribution in [0, 0.1) is 5.92 Å². The van der Waals surface area contributed by atoms with Crippen LogP contribution in [0.1, 0.15) is 46.5 Å². The number of ether oxygens (including phenoxy) is 1. The van der Waals surface area contributed by atoms with E-state index < -0.39 is 6.10 Å². The minimum Gasteiger partial charge on any atom is -0.452 e. The molecule has 1 fully saturated rings. The molecule has 0 spiro atoms. The summed E-state index contributed by atoms with van der Waals surface area (Å²) >= 11 is 0. The van der Waals surface area contributed by atoms with Gasteiger partial charge in [-0.2, -0.15) is 0 Å². The highest BCUT2D eigenvalue weighted by Crippen LogP contribution is 2.21. The number of carbonyl (C=O) groups excluding carboxylic acids is 2. The molecular formula is C12H21NO3. The number of amides is 1. The monoisotopic (exact) mass is 227 g/mol. The van der Waals surface area contributed by atoms with Crippen molar-refractivity contribution in [3.8, 4) is 0 Å². The Morgan fingerprint density at radius 1 is 1.44 bits per heavy atom. The van der Waals surface area contributed by atoms with Gasteiger partial charge >= 0.3 is 5.97 Å². The van der Waals surface area contributed by atoms with Crippen LogP contribution in [0.2, 0.25) is 0 Å². The normalized spacial score (nSPS) is 18.7. The van der Waals surface area contributed by atoms with Crippen molar-refractivity contribution < 1.29 is 14.3 Å². The average Bonchev–Trinajstić information content (AvgIpc) is 2.97. The van der Waals surface area contributed by atoms with Crippen LogP contribution in [0.3, 0.4) is 0 Å². The molecule has 0 aromatic rings. The lowest BCUT2D eigenvalue weighted by Gasteiger charge is -2.22. The van der Waals surface area contributed by atoms with Crippen molar-refractivity contribution in [2.24, 2.45) is 5.92 Å². The molecule has 1 saturated carbocycles. The lowest BCUT2D eigenvalue weighted by Crippen LogP contribution is -2.42. The number of esters is 1. The maximum Gasteiger partial charge on any atom is 0.303 e. The van der Waals surface area contributed by atoms with E-state index >= 15 is 0 Å². The Hall–Kier alpha value is -1.06. The summed E-state index contributed by atoms with van der Waals surface area (Å²) in [6, 6.07) is 0.305. The Labute approximate surface area is 96.7 Å². The van der Waals surface area contributed by atoms with E-state index in [1.165, 1.54) is 6.92 Å². The highest BCUT2D eigenvalue weighted by molar-refractivity contribution is 5.84. The van der Waals surface area contributed by atoms with E-state index in [1.807, 2.05) is 6.92 Å². The van der Waals surface area contributed by atoms with Crippen LogP contribution in [0.25, 0.3) is 0 Å². The van der Waals surface area contributed by atoms with Gasteiger partial charge in [0.2, 0.25) is 0 Å². The van der Waals surface area contributed by atoms with Crippen LogP contribution in [-0.4, -0.2) is 24.0 Å². The fourth-order valence-electron chi connectivity index (χ4n) is 1.72. The van der Waals surface area contributed by atoms with E-state index in [-0.39, 0.29) is 17.8 Å². The first-order chi connectivity index (χ1) is 7.54. The van der Waals surface area contributed by atoms with Crippen molar-refractivity contribution in [2.75, 3.05) is 0 Å². The third kappa shape index (κ3) is 4.21. The molecule has 92 valence electrons. The summed E-state index contributed by atoms with van der Waals surface area (Å²) < 4.78 is 5.10. The second-order valence-corrected chi connectivity index (χ2v) is 4.58. The fraction of sp³-hybridized carbons (Fsp3) is 0.833. The van der Waals surface area contributed by atoms with E-state index in [9.17, 15) is 9.59 Å². The van der Waals surface area contributed by atoms with E-state index in [0.717, 1.165) is 25.7 Å². The molecule has 0 saturated heterocycles. The van der Waals surface area contributed by atoms with Gasteiger partial charge in [-0.05, 0) is 19.3 Å². The predicted molar refractivity (Wildman–Crippen MR) is 60.8 cm³/mol. The minimum absolute atomic E-state index is 0.0765. The smallest absolute Gasteiger partial charge is 0.303 e. The second-order valence-electron chi connectivity index (χ2n) is 4.58. The first-order valence-electron chi connectivity index (χ1n) is 6.02. The van der Waals surface area contributed by atoms with Crippen molar-refractivity contribution in [3.63, 3.8) is 0 Å². The van der Waals surface area contributed by atoms with Gasteiger partial charge in [-0.25, -0.2) is 0 Å². The molecule has 4 nitrogen and oxygen atoms in total. The number of rotatable bonds is 6. The largest absolute Gasteiger partial charge is 0.452 e. The lowest BCUT2D eigenvalue weighted by atomic mass is 9.98. The summed E-state index contributed by atoms with van der Waals surface area (Å²) in [5.41, 5.74) is 0. The third-order valence-corrected chi connectivity index (χ3v) is 2.74. The molecule has 16 heavy (non-hydrogen) atoms. The van der Waals surface area contributed by atoms with Gasteiger partial charge in [0.25, 0.3) is 5.91 Å². The van der Waals surface area contributed by atoms with Crippen LogP contribution < -0.4 is 5.32 Å². The minimum atomic E-state index is -0.627. The van der Waals surface area contributed by atoms with Gasteiger partial charge in [0.1, 0.15) is 0 Å². The van der Waals surface area contributed by atoms with Crippen molar-refractivity contribution in [1.29, 1.82) is 0 Å². The fourth-order valence-corrected chi connectivity index (χ4v) is 1.72. The van der Waals surface area contributed by atoms with Gasteiger partial charge in [0.15, 0.2) is 6.10 Å². The molecule has 1 unspecified atom stereocenters. The zero-order chi connectivity index (χ0) is 12.1. The molecule has 2 atom stereocenters. The molecule has 0 aliphatic heterocycles. The van der Waals surface area contributed by atoms with Crippen LogP contribution >= 0.6 is 0 Å². The zero-order valence-electron chi connectivity index (χ0n) is 10.3. The van der Waals surface area contributed by atoms with Crippen molar-refractivity contribution >= 4 is 11.9 Å². The first kappa shape index (κ1) is 13.0. The van der Waals surface area contributed by atoms with Crippen molar-refractivity contribution in [2.45, 2.75) is 58.6 Å². The zero-order valence-corrected chi connectivity index (χ0v) is 10.3. The lowest BCUT2D eigenvalue weighted by molar-refractivity contribution is -0.157. The standard InChI is InChI=1S/C12H21NO3/c1-4-5-8(2)11(16-9(3)14)12(15)13-10-6-7-10/h8,10-11H,4-7H2,1-3H3,(H,13,15)/t8?,11-/m1/s1. The van der Waals surface area contributed by atoms with Crippen LogP contribution in [-0.2, 0) is 14.3 Å². The Kier molecular flexibility index (Phi) is 4.77. The second kappa shape index (κ2) is 5.87. The van der Waals surface area contributed by atoms with E-state index in [1.54, 1.807) is 0 Å². The number of hydrogen-bond donors (Lipinski definition) is 1. The molecule has 4 heteroatoms. The highest BCUT2D eigenvalue weighted by Gasteiger charge is 2.32. The molecule has 0 aromatic carbocycles. The molecule has 1 amide bonds. The molecule has 0 aromatic heterocycles. The average molecular weight is 227 g/mol. The van der Waals surface area contributed by atoms with E-state index in [4.69, 9.17) is 4.74 Å². The van der Waals surface area contributed by atoms with Gasteiger partial charge in [-0.1, -0.05) is 20.3 Å². The predicted octanol–water partition coefficient (Wildman–Crippen LogP) is 1.63. The number of nitrogens with one attached hydrogen (secondary N) is 1. The van der Waals surface area contributed by atoms with Crippen molar-refractivity contribution in [1.82, 2.24) is 5.32 Å². The molecular weight excluding hydrogens is 206 g/mol. The van der Waals surface area contributed by atoms with Crippen LogP contribution in [0.15, 0.2) is 0 Å². The maximum absolute atomic E-state index is 11.9. The maximum atomic E-state index is 11.9. The molecule has 1 rings (SSSR count). The van der Waals surface area contributed by atoms with E-state index in [0.29, 0.717) is 6.04 Å². The summed E-state index contributed by atoms with van der Waals surface area (Å²) in [6.07, 6.45) is 3.32. The van der Waals surface area contributed by atoms with Gasteiger partial charge in [-0.3, -0.25) is 9.59 Å². The van der Waals surface area contributed by atoms with Crippen LogP contribution in [0.5, 0.6) is 0 Å². The Morgan fingerprint density at radius 3 is 2.50 bits per heavy atom. The van der Waals surface area contributed by atoms with Gasteiger partial charge in [-0.15, -0.1) is 0 Å². The Morgan fingerprint density at radius 2 is 2.06 bits per heavy atom. The van der Waals surface area contributed by atoms with E-state index in [2.05, 4.69) is 12.2 Å². The molecule has 1 N–H and O–H groups in total. The Balaban J connectivity index is 2.52. The molecule has 0 radical (unpaired) electrons. The number of hydrogen-bond acceptors (Lipinski definition) is 3. The summed E-state index contributed by atoms with van der Waals surface area (Å²) in [5, 5.41) is 2.88. The highest BCUT2D eigenvalue weighted by atomic mass is 16.5. The summed E-state index contributed by atoms with van der Waals surface area (Å²) in [6.45, 7) is 5.35. The number of carbonyl (C=O) groups is 2. The molecule has 1 aliphatic rings.